The Balaban J connectivity index is 2.02. The van der Waals surface area contributed by atoms with E-state index in [0.717, 1.165) is 31.0 Å². The molecule has 0 saturated carbocycles. The maximum atomic E-state index is 11.3. The van der Waals surface area contributed by atoms with Crippen molar-refractivity contribution in [1.82, 2.24) is 15.0 Å². The van der Waals surface area contributed by atoms with Gasteiger partial charge in [-0.25, -0.2) is 0 Å². The van der Waals surface area contributed by atoms with Gasteiger partial charge in [0.2, 0.25) is 11.8 Å². The number of hydrogen-bond donors (Lipinski definition) is 0. The van der Waals surface area contributed by atoms with E-state index in [1.165, 1.54) is 0 Å². The molecule has 2 heterocycles. The SMILES string of the molecule is CSCc1noc(C2CCCN(C(C)=O)C2)n1. The topological polar surface area (TPSA) is 59.2 Å². The Kier molecular flexibility index (Phi) is 4.04. The van der Waals surface area contributed by atoms with Crippen LogP contribution in [0.5, 0.6) is 0 Å². The molecule has 1 aromatic heterocycles. The van der Waals surface area contributed by atoms with Crippen LogP contribution in [-0.4, -0.2) is 40.3 Å². The van der Waals surface area contributed by atoms with Crippen molar-refractivity contribution in [3.63, 3.8) is 0 Å². The summed E-state index contributed by atoms with van der Waals surface area (Å²) < 4.78 is 5.27. The Morgan fingerprint density at radius 2 is 2.47 bits per heavy atom. The van der Waals surface area contributed by atoms with Crippen LogP contribution in [0.25, 0.3) is 0 Å². The van der Waals surface area contributed by atoms with Gasteiger partial charge in [0.05, 0.1) is 11.7 Å². The number of thioether (sulfide) groups is 1. The Morgan fingerprint density at radius 3 is 3.18 bits per heavy atom. The van der Waals surface area contributed by atoms with Crippen molar-refractivity contribution >= 4 is 17.7 Å². The predicted octanol–water partition coefficient (Wildman–Crippen LogP) is 1.66. The fourth-order valence-corrected chi connectivity index (χ4v) is 2.46. The second-order valence-corrected chi connectivity index (χ2v) is 5.15. The number of hydrogen-bond acceptors (Lipinski definition) is 5. The van der Waals surface area contributed by atoms with Crippen LogP contribution in [0, 0.1) is 0 Å². The predicted molar refractivity (Wildman–Crippen MR) is 65.7 cm³/mol. The van der Waals surface area contributed by atoms with Crippen LogP contribution in [0.15, 0.2) is 4.52 Å². The molecule has 1 unspecified atom stereocenters. The summed E-state index contributed by atoms with van der Waals surface area (Å²) in [6, 6.07) is 0. The fraction of sp³-hybridized carbons (Fsp3) is 0.727. The molecule has 94 valence electrons. The zero-order valence-electron chi connectivity index (χ0n) is 10.2. The summed E-state index contributed by atoms with van der Waals surface area (Å²) in [5, 5.41) is 3.94. The van der Waals surface area contributed by atoms with E-state index in [1.807, 2.05) is 11.2 Å². The van der Waals surface area contributed by atoms with Gasteiger partial charge in [-0.15, -0.1) is 0 Å². The highest BCUT2D eigenvalue weighted by Crippen LogP contribution is 2.26. The molecule has 1 fully saturated rings. The maximum absolute atomic E-state index is 11.3. The molecule has 1 aliphatic rings. The number of amides is 1. The van der Waals surface area contributed by atoms with E-state index in [0.29, 0.717) is 12.4 Å². The van der Waals surface area contributed by atoms with E-state index in [2.05, 4.69) is 10.1 Å². The van der Waals surface area contributed by atoms with Crippen LogP contribution in [0.3, 0.4) is 0 Å². The number of carbonyl (C=O) groups is 1. The molecule has 1 aliphatic heterocycles. The maximum Gasteiger partial charge on any atom is 0.231 e. The highest BCUT2D eigenvalue weighted by molar-refractivity contribution is 7.97. The molecule has 5 nitrogen and oxygen atoms in total. The molecule has 0 aliphatic carbocycles. The summed E-state index contributed by atoms with van der Waals surface area (Å²) in [5.74, 6) is 2.52. The average Bonchev–Trinajstić information content (AvgIpc) is 2.78. The van der Waals surface area contributed by atoms with Crippen LogP contribution in [0.4, 0.5) is 0 Å². The van der Waals surface area contributed by atoms with Crippen molar-refractivity contribution in [2.75, 3.05) is 19.3 Å². The Hall–Kier alpha value is -1.04. The third-order valence-electron chi connectivity index (χ3n) is 2.97. The zero-order valence-corrected chi connectivity index (χ0v) is 11.0. The fourth-order valence-electron chi connectivity index (χ4n) is 2.09. The van der Waals surface area contributed by atoms with Crippen LogP contribution < -0.4 is 0 Å². The largest absolute Gasteiger partial charge is 0.342 e. The lowest BCUT2D eigenvalue weighted by Crippen LogP contribution is -2.37. The third kappa shape index (κ3) is 3.00. The lowest BCUT2D eigenvalue weighted by molar-refractivity contribution is -0.130. The smallest absolute Gasteiger partial charge is 0.231 e. The highest BCUT2D eigenvalue weighted by Gasteiger charge is 2.26. The van der Waals surface area contributed by atoms with Gasteiger partial charge in [0.1, 0.15) is 0 Å². The second-order valence-electron chi connectivity index (χ2n) is 4.29. The number of rotatable bonds is 3. The number of aromatic nitrogens is 2. The number of carbonyl (C=O) groups excluding carboxylic acids is 1. The van der Waals surface area contributed by atoms with Gasteiger partial charge in [0.25, 0.3) is 0 Å². The van der Waals surface area contributed by atoms with E-state index >= 15 is 0 Å². The van der Waals surface area contributed by atoms with Gasteiger partial charge < -0.3 is 9.42 Å². The monoisotopic (exact) mass is 255 g/mol. The highest BCUT2D eigenvalue weighted by atomic mass is 32.2. The Labute approximate surface area is 105 Å². The number of likely N-dealkylation sites (tertiary alicyclic amines) is 1. The number of piperidine rings is 1. The van der Waals surface area contributed by atoms with Crippen LogP contribution >= 0.6 is 11.8 Å². The van der Waals surface area contributed by atoms with Crippen molar-refractivity contribution in [1.29, 1.82) is 0 Å². The molecular formula is C11H17N3O2S. The first-order valence-corrected chi connectivity index (χ1v) is 7.17. The summed E-state index contributed by atoms with van der Waals surface area (Å²) in [6.45, 7) is 3.16. The van der Waals surface area contributed by atoms with Gasteiger partial charge in [-0.3, -0.25) is 4.79 Å². The molecule has 0 radical (unpaired) electrons. The van der Waals surface area contributed by atoms with Crippen molar-refractivity contribution in [3.8, 4) is 0 Å². The van der Waals surface area contributed by atoms with Gasteiger partial charge in [-0.1, -0.05) is 5.16 Å². The van der Waals surface area contributed by atoms with Gasteiger partial charge in [-0.05, 0) is 19.1 Å². The van der Waals surface area contributed by atoms with E-state index in [-0.39, 0.29) is 11.8 Å². The first-order chi connectivity index (χ1) is 8.20. The van der Waals surface area contributed by atoms with Crippen molar-refractivity contribution in [3.05, 3.63) is 11.7 Å². The molecule has 1 atom stereocenters. The molecule has 2 rings (SSSR count). The lowest BCUT2D eigenvalue weighted by Gasteiger charge is -2.29. The summed E-state index contributed by atoms with van der Waals surface area (Å²) >= 11 is 1.67. The van der Waals surface area contributed by atoms with E-state index in [1.54, 1.807) is 18.7 Å². The van der Waals surface area contributed by atoms with Crippen molar-refractivity contribution in [2.45, 2.75) is 31.4 Å². The summed E-state index contributed by atoms with van der Waals surface area (Å²) in [5.41, 5.74) is 0. The minimum absolute atomic E-state index is 0.124. The van der Waals surface area contributed by atoms with E-state index in [4.69, 9.17) is 4.52 Å². The van der Waals surface area contributed by atoms with Crippen molar-refractivity contribution in [2.24, 2.45) is 0 Å². The average molecular weight is 255 g/mol. The molecule has 17 heavy (non-hydrogen) atoms. The molecule has 1 saturated heterocycles. The van der Waals surface area contributed by atoms with Crippen LogP contribution in [0.1, 0.15) is 37.4 Å². The zero-order chi connectivity index (χ0) is 12.3. The second kappa shape index (κ2) is 5.53. The number of nitrogens with zero attached hydrogens (tertiary/aromatic N) is 3. The minimum Gasteiger partial charge on any atom is -0.342 e. The summed E-state index contributed by atoms with van der Waals surface area (Å²) in [4.78, 5) is 17.6. The van der Waals surface area contributed by atoms with Gasteiger partial charge >= 0.3 is 0 Å². The van der Waals surface area contributed by atoms with Crippen LogP contribution in [0.2, 0.25) is 0 Å². The first-order valence-electron chi connectivity index (χ1n) is 5.77. The van der Waals surface area contributed by atoms with Crippen molar-refractivity contribution < 1.29 is 9.32 Å². The first kappa shape index (κ1) is 12.4. The minimum atomic E-state index is 0.124. The third-order valence-corrected chi connectivity index (χ3v) is 3.52. The van der Waals surface area contributed by atoms with Gasteiger partial charge in [-0.2, -0.15) is 16.7 Å². The molecule has 6 heteroatoms. The normalized spacial score (nSPS) is 20.6. The molecule has 0 spiro atoms. The van der Waals surface area contributed by atoms with Gasteiger partial charge in [0, 0.05) is 20.0 Å². The molecule has 0 bridgehead atoms. The molecular weight excluding hydrogens is 238 g/mol. The van der Waals surface area contributed by atoms with E-state index < -0.39 is 0 Å². The van der Waals surface area contributed by atoms with Gasteiger partial charge in [0.15, 0.2) is 5.82 Å². The Morgan fingerprint density at radius 1 is 1.65 bits per heavy atom. The summed E-state index contributed by atoms with van der Waals surface area (Å²) in [7, 11) is 0. The molecule has 0 N–H and O–H groups in total. The van der Waals surface area contributed by atoms with Crippen LogP contribution in [-0.2, 0) is 10.5 Å². The molecule has 1 aromatic rings. The lowest BCUT2D eigenvalue weighted by atomic mass is 9.98. The standard InChI is InChI=1S/C11H17N3O2S/c1-8(15)14-5-3-4-9(6-14)11-12-10(7-17-2)13-16-11/h9H,3-7H2,1-2H3. The van der Waals surface area contributed by atoms with E-state index in [9.17, 15) is 4.79 Å². The Bertz CT molecular complexity index is 394. The molecule has 0 aromatic carbocycles. The quantitative estimate of drug-likeness (QED) is 0.822. The molecule has 1 amide bonds. The summed E-state index contributed by atoms with van der Waals surface area (Å²) in [6.07, 6.45) is 4.03.